The summed E-state index contributed by atoms with van der Waals surface area (Å²) in [6, 6.07) is 0.826. The quantitative estimate of drug-likeness (QED) is 0.691. The van der Waals surface area contributed by atoms with Gasteiger partial charge >= 0.3 is 17.9 Å². The zero-order valence-corrected chi connectivity index (χ0v) is 11.4. The fourth-order valence-electron chi connectivity index (χ4n) is 1.75. The molecular weight excluding hydrogens is 284 g/mol. The van der Waals surface area contributed by atoms with Crippen LogP contribution in [0.1, 0.15) is 44.9 Å². The average Bonchev–Trinajstić information content (AvgIpc) is 2.38. The molecule has 114 valence electrons. The minimum Gasteiger partial charge on any atom is -0.492 e. The van der Waals surface area contributed by atoms with E-state index in [1.54, 1.807) is 13.8 Å². The van der Waals surface area contributed by atoms with E-state index >= 15 is 0 Å². The molecule has 0 saturated heterocycles. The molecule has 0 unspecified atom stereocenters. The van der Waals surface area contributed by atoms with Crippen molar-refractivity contribution in [2.24, 2.45) is 0 Å². The van der Waals surface area contributed by atoms with Crippen molar-refractivity contribution in [2.45, 2.75) is 13.8 Å². The first-order valence-corrected chi connectivity index (χ1v) is 6.01. The predicted molar refractivity (Wildman–Crippen MR) is 69.7 cm³/mol. The van der Waals surface area contributed by atoms with Crippen molar-refractivity contribution in [2.75, 3.05) is 13.2 Å². The highest BCUT2D eigenvalue weighted by atomic mass is 16.5. The van der Waals surface area contributed by atoms with Crippen molar-refractivity contribution in [3.8, 4) is 11.5 Å². The van der Waals surface area contributed by atoms with E-state index in [0.717, 1.165) is 6.07 Å². The maximum atomic E-state index is 11.4. The number of carbonyl (C=O) groups is 3. The van der Waals surface area contributed by atoms with Crippen LogP contribution in [0.15, 0.2) is 6.07 Å². The topological polar surface area (TPSA) is 130 Å². The van der Waals surface area contributed by atoms with E-state index in [0.29, 0.717) is 0 Å². The van der Waals surface area contributed by atoms with Gasteiger partial charge in [0.25, 0.3) is 0 Å². The van der Waals surface area contributed by atoms with Gasteiger partial charge in [0.05, 0.1) is 13.2 Å². The molecule has 1 aromatic rings. The molecule has 0 atom stereocenters. The monoisotopic (exact) mass is 298 g/mol. The largest absolute Gasteiger partial charge is 0.492 e. The minimum atomic E-state index is -1.53. The second-order valence-electron chi connectivity index (χ2n) is 3.79. The van der Waals surface area contributed by atoms with Crippen LogP contribution in [0.2, 0.25) is 0 Å². The molecule has 0 bridgehead atoms. The lowest BCUT2D eigenvalue weighted by molar-refractivity contribution is 0.0684. The molecule has 0 aliphatic heterocycles. The number of aromatic carboxylic acids is 3. The van der Waals surface area contributed by atoms with E-state index in [4.69, 9.17) is 19.7 Å². The van der Waals surface area contributed by atoms with Gasteiger partial charge in [-0.3, -0.25) is 0 Å². The molecule has 0 heterocycles. The molecular formula is C13H14O8. The van der Waals surface area contributed by atoms with Crippen LogP contribution in [0.5, 0.6) is 11.5 Å². The fourth-order valence-corrected chi connectivity index (χ4v) is 1.75. The second kappa shape index (κ2) is 6.60. The van der Waals surface area contributed by atoms with E-state index in [-0.39, 0.29) is 13.2 Å². The van der Waals surface area contributed by atoms with Gasteiger partial charge in [0.15, 0.2) is 11.5 Å². The Morgan fingerprint density at radius 3 is 1.48 bits per heavy atom. The first-order chi connectivity index (χ1) is 9.84. The zero-order chi connectivity index (χ0) is 16.2. The van der Waals surface area contributed by atoms with Crippen molar-refractivity contribution in [1.82, 2.24) is 0 Å². The highest BCUT2D eigenvalue weighted by Gasteiger charge is 2.30. The summed E-state index contributed by atoms with van der Waals surface area (Å²) >= 11 is 0. The van der Waals surface area contributed by atoms with Crippen LogP contribution in [-0.4, -0.2) is 46.4 Å². The number of carboxylic acid groups (broad SMARTS) is 3. The normalized spacial score (nSPS) is 10.0. The molecule has 1 rings (SSSR count). The summed E-state index contributed by atoms with van der Waals surface area (Å²) in [4.78, 5) is 33.8. The molecule has 0 amide bonds. The Morgan fingerprint density at radius 1 is 0.857 bits per heavy atom. The smallest absolute Gasteiger partial charge is 0.343 e. The number of rotatable bonds is 7. The summed E-state index contributed by atoms with van der Waals surface area (Å²) in [6.07, 6.45) is 0. The van der Waals surface area contributed by atoms with E-state index < -0.39 is 46.1 Å². The van der Waals surface area contributed by atoms with E-state index in [1.165, 1.54) is 0 Å². The first-order valence-electron chi connectivity index (χ1n) is 6.01. The lowest BCUT2D eigenvalue weighted by Crippen LogP contribution is -2.15. The van der Waals surface area contributed by atoms with Crippen LogP contribution in [0.4, 0.5) is 0 Å². The molecule has 8 heteroatoms. The molecule has 0 aliphatic rings. The SMILES string of the molecule is CCOc1c(C(=O)O)cc(C(=O)O)c(OCC)c1C(=O)O. The Kier molecular flexibility index (Phi) is 5.12. The number of hydrogen-bond acceptors (Lipinski definition) is 5. The molecule has 0 spiro atoms. The van der Waals surface area contributed by atoms with Crippen LogP contribution >= 0.6 is 0 Å². The summed E-state index contributed by atoms with van der Waals surface area (Å²) < 4.78 is 10.2. The lowest BCUT2D eigenvalue weighted by atomic mass is 10.0. The van der Waals surface area contributed by atoms with Crippen LogP contribution in [0, 0.1) is 0 Å². The van der Waals surface area contributed by atoms with Crippen molar-refractivity contribution in [3.05, 3.63) is 22.8 Å². The Bertz CT molecular complexity index is 548. The van der Waals surface area contributed by atoms with Crippen molar-refractivity contribution in [1.29, 1.82) is 0 Å². The molecule has 1 aromatic carbocycles. The van der Waals surface area contributed by atoms with Crippen molar-refractivity contribution in [3.63, 3.8) is 0 Å². The fraction of sp³-hybridized carbons (Fsp3) is 0.308. The van der Waals surface area contributed by atoms with Crippen LogP contribution in [0.25, 0.3) is 0 Å². The molecule has 0 aliphatic carbocycles. The summed E-state index contributed by atoms with van der Waals surface area (Å²) in [6.45, 7) is 3.11. The van der Waals surface area contributed by atoms with Crippen LogP contribution in [-0.2, 0) is 0 Å². The maximum absolute atomic E-state index is 11.4. The number of ether oxygens (including phenoxy) is 2. The highest BCUT2D eigenvalue weighted by Crippen LogP contribution is 2.36. The predicted octanol–water partition coefficient (Wildman–Crippen LogP) is 1.58. The van der Waals surface area contributed by atoms with Gasteiger partial charge < -0.3 is 24.8 Å². The minimum absolute atomic E-state index is 0.0124. The highest BCUT2D eigenvalue weighted by molar-refractivity contribution is 6.06. The van der Waals surface area contributed by atoms with E-state index in [2.05, 4.69) is 0 Å². The third-order valence-electron chi connectivity index (χ3n) is 2.48. The number of hydrogen-bond donors (Lipinski definition) is 3. The third-order valence-corrected chi connectivity index (χ3v) is 2.48. The van der Waals surface area contributed by atoms with E-state index in [9.17, 15) is 19.5 Å². The van der Waals surface area contributed by atoms with Gasteiger partial charge in [-0.15, -0.1) is 0 Å². The summed E-state index contributed by atoms with van der Waals surface area (Å²) in [5.74, 6) is -5.37. The Hall–Kier alpha value is -2.77. The Balaban J connectivity index is 3.83. The Labute approximate surface area is 119 Å². The number of benzene rings is 1. The van der Waals surface area contributed by atoms with Crippen molar-refractivity contribution < 1.29 is 39.2 Å². The second-order valence-corrected chi connectivity index (χ2v) is 3.79. The van der Waals surface area contributed by atoms with Gasteiger partial charge in [-0.1, -0.05) is 0 Å². The maximum Gasteiger partial charge on any atom is 0.343 e. The number of carboxylic acids is 3. The van der Waals surface area contributed by atoms with Gasteiger partial charge in [0, 0.05) is 0 Å². The molecule has 3 N–H and O–H groups in total. The van der Waals surface area contributed by atoms with Crippen LogP contribution < -0.4 is 9.47 Å². The van der Waals surface area contributed by atoms with Gasteiger partial charge in [-0.05, 0) is 19.9 Å². The molecule has 0 aromatic heterocycles. The third kappa shape index (κ3) is 3.22. The molecule has 8 nitrogen and oxygen atoms in total. The summed E-state index contributed by atoms with van der Waals surface area (Å²) in [5.41, 5.74) is -1.71. The summed E-state index contributed by atoms with van der Waals surface area (Å²) in [7, 11) is 0. The molecule has 0 radical (unpaired) electrons. The average molecular weight is 298 g/mol. The van der Waals surface area contributed by atoms with E-state index in [1.807, 2.05) is 0 Å². The van der Waals surface area contributed by atoms with Gasteiger partial charge in [0.1, 0.15) is 16.7 Å². The van der Waals surface area contributed by atoms with Gasteiger partial charge in [0.2, 0.25) is 0 Å². The molecule has 0 saturated carbocycles. The van der Waals surface area contributed by atoms with Gasteiger partial charge in [-0.2, -0.15) is 0 Å². The lowest BCUT2D eigenvalue weighted by Gasteiger charge is -2.16. The standard InChI is InChI=1S/C13H14O8/c1-3-20-9-6(11(14)15)5-7(12(16)17)10(21-4-2)8(9)13(18)19/h5H,3-4H2,1-2H3,(H,14,15)(H,16,17)(H,18,19). The van der Waals surface area contributed by atoms with Crippen molar-refractivity contribution >= 4 is 17.9 Å². The zero-order valence-electron chi connectivity index (χ0n) is 11.4. The van der Waals surface area contributed by atoms with Crippen LogP contribution in [0.3, 0.4) is 0 Å². The first kappa shape index (κ1) is 16.3. The summed E-state index contributed by atoms with van der Waals surface area (Å²) in [5, 5.41) is 27.5. The molecule has 21 heavy (non-hydrogen) atoms. The van der Waals surface area contributed by atoms with Gasteiger partial charge in [-0.25, -0.2) is 14.4 Å². The molecule has 0 fully saturated rings. The Morgan fingerprint density at radius 2 is 1.24 bits per heavy atom.